The predicted molar refractivity (Wildman–Crippen MR) is 75.7 cm³/mol. The van der Waals surface area contributed by atoms with E-state index in [9.17, 15) is 0 Å². The average molecular weight is 247 g/mol. The molecule has 1 aromatic carbocycles. The van der Waals surface area contributed by atoms with E-state index in [0.29, 0.717) is 0 Å². The van der Waals surface area contributed by atoms with E-state index in [-0.39, 0.29) is 17.1 Å². The van der Waals surface area contributed by atoms with E-state index in [1.54, 1.807) is 0 Å². The first-order valence-corrected chi connectivity index (χ1v) is 6.91. The second-order valence-electron chi connectivity index (χ2n) is 6.40. The molecule has 1 unspecified atom stereocenters. The van der Waals surface area contributed by atoms with Gasteiger partial charge in [0.05, 0.1) is 6.10 Å². The molecular weight excluding hydrogens is 222 g/mol. The third-order valence-electron chi connectivity index (χ3n) is 4.30. The van der Waals surface area contributed by atoms with Crippen molar-refractivity contribution in [2.75, 3.05) is 0 Å². The Kier molecular flexibility index (Phi) is 3.41. The van der Waals surface area contributed by atoms with Gasteiger partial charge in [-0.15, -0.1) is 0 Å². The minimum Gasteiger partial charge on any atom is -0.491 e. The van der Waals surface area contributed by atoms with Crippen LogP contribution >= 0.6 is 0 Å². The first kappa shape index (κ1) is 13.4. The highest BCUT2D eigenvalue weighted by atomic mass is 16.5. The zero-order chi connectivity index (χ0) is 13.4. The van der Waals surface area contributed by atoms with E-state index in [4.69, 9.17) is 10.5 Å². The van der Waals surface area contributed by atoms with Gasteiger partial charge in [0.25, 0.3) is 0 Å². The highest BCUT2D eigenvalue weighted by molar-refractivity contribution is 5.35. The van der Waals surface area contributed by atoms with Crippen LogP contribution in [-0.4, -0.2) is 6.10 Å². The number of benzene rings is 1. The lowest BCUT2D eigenvalue weighted by Crippen LogP contribution is -2.45. The summed E-state index contributed by atoms with van der Waals surface area (Å²) < 4.78 is 5.77. The lowest BCUT2D eigenvalue weighted by molar-refractivity contribution is 0.207. The van der Waals surface area contributed by atoms with Crippen molar-refractivity contribution in [3.8, 4) is 5.75 Å². The van der Waals surface area contributed by atoms with Crippen LogP contribution in [0.15, 0.2) is 24.3 Å². The lowest BCUT2D eigenvalue weighted by atomic mass is 9.71. The van der Waals surface area contributed by atoms with Crippen molar-refractivity contribution >= 4 is 0 Å². The summed E-state index contributed by atoms with van der Waals surface area (Å²) >= 11 is 0. The van der Waals surface area contributed by atoms with Gasteiger partial charge in [-0.05, 0) is 49.8 Å². The molecule has 0 radical (unpaired) electrons. The Hall–Kier alpha value is -1.02. The monoisotopic (exact) mass is 247 g/mol. The van der Waals surface area contributed by atoms with Gasteiger partial charge < -0.3 is 10.5 Å². The Morgan fingerprint density at radius 1 is 1.22 bits per heavy atom. The Morgan fingerprint density at radius 2 is 1.94 bits per heavy atom. The molecule has 2 heteroatoms. The second kappa shape index (κ2) is 4.58. The van der Waals surface area contributed by atoms with Gasteiger partial charge in [-0.3, -0.25) is 0 Å². The summed E-state index contributed by atoms with van der Waals surface area (Å²) in [5, 5.41) is 0. The molecule has 2 nitrogen and oxygen atoms in total. The summed E-state index contributed by atoms with van der Waals surface area (Å²) in [6.07, 6.45) is 3.66. The number of hydrogen-bond donors (Lipinski definition) is 1. The molecular formula is C16H25NO. The maximum absolute atomic E-state index is 6.70. The van der Waals surface area contributed by atoms with Crippen molar-refractivity contribution in [2.45, 2.75) is 58.6 Å². The van der Waals surface area contributed by atoms with E-state index >= 15 is 0 Å². The van der Waals surface area contributed by atoms with Crippen molar-refractivity contribution < 1.29 is 4.74 Å². The van der Waals surface area contributed by atoms with Crippen molar-refractivity contribution in [2.24, 2.45) is 11.1 Å². The van der Waals surface area contributed by atoms with Crippen LogP contribution in [0.1, 0.15) is 52.5 Å². The van der Waals surface area contributed by atoms with E-state index < -0.39 is 0 Å². The van der Waals surface area contributed by atoms with E-state index in [1.165, 1.54) is 18.4 Å². The molecule has 0 aromatic heterocycles. The summed E-state index contributed by atoms with van der Waals surface area (Å²) in [6.45, 7) is 8.64. The lowest BCUT2D eigenvalue weighted by Gasteiger charge is -2.39. The Balaban J connectivity index is 2.33. The van der Waals surface area contributed by atoms with Gasteiger partial charge >= 0.3 is 0 Å². The first-order chi connectivity index (χ1) is 8.35. The van der Waals surface area contributed by atoms with E-state index in [0.717, 1.165) is 12.2 Å². The zero-order valence-corrected chi connectivity index (χ0v) is 12.0. The molecule has 0 spiro atoms. The quantitative estimate of drug-likeness (QED) is 0.880. The fraction of sp³-hybridized carbons (Fsp3) is 0.625. The smallest absolute Gasteiger partial charge is 0.120 e. The highest BCUT2D eigenvalue weighted by Gasteiger charge is 2.46. The second-order valence-corrected chi connectivity index (χ2v) is 6.40. The summed E-state index contributed by atoms with van der Waals surface area (Å²) in [7, 11) is 0. The summed E-state index contributed by atoms with van der Waals surface area (Å²) in [5.74, 6) is 0.926. The molecule has 0 aliphatic heterocycles. The van der Waals surface area contributed by atoms with E-state index in [1.807, 2.05) is 19.9 Å². The van der Waals surface area contributed by atoms with Crippen molar-refractivity contribution in [1.29, 1.82) is 0 Å². The average Bonchev–Trinajstić information content (AvgIpc) is 2.54. The Bertz CT molecular complexity index is 425. The Labute approximate surface area is 111 Å². The van der Waals surface area contributed by atoms with Crippen LogP contribution in [0.25, 0.3) is 0 Å². The Morgan fingerprint density at radius 3 is 2.50 bits per heavy atom. The van der Waals surface area contributed by atoms with Crippen LogP contribution in [0.5, 0.6) is 5.75 Å². The number of nitrogens with two attached hydrogens (primary N) is 1. The third kappa shape index (κ3) is 2.26. The molecule has 1 atom stereocenters. The third-order valence-corrected chi connectivity index (χ3v) is 4.30. The molecule has 100 valence electrons. The van der Waals surface area contributed by atoms with Crippen LogP contribution < -0.4 is 10.5 Å². The summed E-state index contributed by atoms with van der Waals surface area (Å²) in [6, 6.07) is 8.32. The zero-order valence-electron chi connectivity index (χ0n) is 12.0. The fourth-order valence-electron chi connectivity index (χ4n) is 3.02. The van der Waals surface area contributed by atoms with Crippen LogP contribution in [0.4, 0.5) is 0 Å². The number of hydrogen-bond acceptors (Lipinski definition) is 2. The van der Waals surface area contributed by atoms with Gasteiger partial charge in [-0.2, -0.15) is 0 Å². The molecule has 0 saturated heterocycles. The molecule has 0 amide bonds. The molecule has 2 rings (SSSR count). The SMILES string of the molecule is CC(C)Oc1cccc(C2(N)CCCC2(C)C)c1. The van der Waals surface area contributed by atoms with Crippen molar-refractivity contribution in [3.63, 3.8) is 0 Å². The van der Waals surface area contributed by atoms with Crippen LogP contribution in [0.2, 0.25) is 0 Å². The van der Waals surface area contributed by atoms with Gasteiger partial charge in [0.1, 0.15) is 5.75 Å². The molecule has 1 fully saturated rings. The molecule has 0 heterocycles. The van der Waals surface area contributed by atoms with Gasteiger partial charge in [0.2, 0.25) is 0 Å². The minimum absolute atomic E-state index is 0.156. The summed E-state index contributed by atoms with van der Waals surface area (Å²) in [4.78, 5) is 0. The van der Waals surface area contributed by atoms with Crippen molar-refractivity contribution in [3.05, 3.63) is 29.8 Å². The highest BCUT2D eigenvalue weighted by Crippen LogP contribution is 2.50. The number of ether oxygens (including phenoxy) is 1. The maximum atomic E-state index is 6.70. The largest absolute Gasteiger partial charge is 0.491 e. The van der Waals surface area contributed by atoms with Crippen LogP contribution in [-0.2, 0) is 5.54 Å². The topological polar surface area (TPSA) is 35.2 Å². The molecule has 1 aliphatic rings. The molecule has 1 aromatic rings. The van der Waals surface area contributed by atoms with Gasteiger partial charge in [-0.25, -0.2) is 0 Å². The van der Waals surface area contributed by atoms with Gasteiger partial charge in [-0.1, -0.05) is 32.4 Å². The normalized spacial score (nSPS) is 26.6. The van der Waals surface area contributed by atoms with Gasteiger partial charge in [0.15, 0.2) is 0 Å². The molecule has 1 aliphatic carbocycles. The van der Waals surface area contributed by atoms with Crippen LogP contribution in [0, 0.1) is 5.41 Å². The molecule has 18 heavy (non-hydrogen) atoms. The molecule has 2 N–H and O–H groups in total. The molecule has 1 saturated carbocycles. The van der Waals surface area contributed by atoms with Gasteiger partial charge in [0, 0.05) is 5.54 Å². The summed E-state index contributed by atoms with van der Waals surface area (Å²) in [5.41, 5.74) is 7.85. The predicted octanol–water partition coefficient (Wildman–Crippen LogP) is 3.84. The number of rotatable bonds is 3. The standard InChI is InChI=1S/C16H25NO/c1-12(2)18-14-8-5-7-13(11-14)16(17)10-6-9-15(16,3)4/h5,7-8,11-12H,6,9-10,17H2,1-4H3. The molecule has 0 bridgehead atoms. The van der Waals surface area contributed by atoms with Crippen molar-refractivity contribution in [1.82, 2.24) is 0 Å². The van der Waals surface area contributed by atoms with Crippen LogP contribution in [0.3, 0.4) is 0 Å². The minimum atomic E-state index is -0.219. The fourth-order valence-corrected chi connectivity index (χ4v) is 3.02. The van der Waals surface area contributed by atoms with E-state index in [2.05, 4.69) is 32.0 Å². The first-order valence-electron chi connectivity index (χ1n) is 6.91. The maximum Gasteiger partial charge on any atom is 0.120 e.